The molecule has 0 spiro atoms. The third-order valence-corrected chi connectivity index (χ3v) is 5.79. The number of hydrogen-bond donors (Lipinski definition) is 0. The molecule has 1 fully saturated rings. The van der Waals surface area contributed by atoms with Gasteiger partial charge in [-0.15, -0.1) is 0 Å². The molecule has 0 radical (unpaired) electrons. The largest absolute Gasteiger partial charge is 0.445 e. The first-order chi connectivity index (χ1) is 14.8. The first kappa shape index (κ1) is 21.0. The van der Waals surface area contributed by atoms with Gasteiger partial charge in [-0.2, -0.15) is 0 Å². The van der Waals surface area contributed by atoms with Crippen molar-refractivity contribution in [3.05, 3.63) is 70.8 Å². The van der Waals surface area contributed by atoms with E-state index in [1.54, 1.807) is 48.5 Å². The van der Waals surface area contributed by atoms with E-state index in [0.717, 1.165) is 4.90 Å². The monoisotopic (exact) mass is 428 g/mol. The van der Waals surface area contributed by atoms with Gasteiger partial charge < -0.3 is 9.64 Å². The highest BCUT2D eigenvalue weighted by atomic mass is 19.3. The molecule has 1 unspecified atom stereocenters. The van der Waals surface area contributed by atoms with Crippen LogP contribution in [0, 0.1) is 5.92 Å². The summed E-state index contributed by atoms with van der Waals surface area (Å²) in [4.78, 5) is 39.5. The van der Waals surface area contributed by atoms with Crippen molar-refractivity contribution < 1.29 is 27.9 Å². The van der Waals surface area contributed by atoms with E-state index < -0.39 is 24.5 Å². The van der Waals surface area contributed by atoms with Gasteiger partial charge in [0.2, 0.25) is 0 Å². The number of carbonyl (C=O) groups excluding carboxylic acids is 3. The predicted octanol–water partition coefficient (Wildman–Crippen LogP) is 4.10. The van der Waals surface area contributed by atoms with Crippen LogP contribution in [0.3, 0.4) is 0 Å². The Hall–Kier alpha value is -3.29. The topological polar surface area (TPSA) is 66.9 Å². The second-order valence-corrected chi connectivity index (χ2v) is 7.99. The lowest BCUT2D eigenvalue weighted by molar-refractivity contribution is -0.0999. The lowest BCUT2D eigenvalue weighted by atomic mass is 9.95. The number of alkyl halides is 2. The van der Waals surface area contributed by atoms with Gasteiger partial charge in [0, 0.05) is 12.5 Å². The zero-order valence-electron chi connectivity index (χ0n) is 17.0. The summed E-state index contributed by atoms with van der Waals surface area (Å²) in [5.41, 5.74) is 2.09. The maximum atomic E-state index is 13.9. The number of rotatable bonds is 4. The molecule has 2 aliphatic heterocycles. The summed E-state index contributed by atoms with van der Waals surface area (Å²) in [6.45, 7) is 1.06. The van der Waals surface area contributed by atoms with Gasteiger partial charge >= 0.3 is 6.09 Å². The molecule has 8 heteroatoms. The van der Waals surface area contributed by atoms with Crippen molar-refractivity contribution in [2.24, 2.45) is 5.92 Å². The van der Waals surface area contributed by atoms with Crippen molar-refractivity contribution in [3.8, 4) is 0 Å². The minimum atomic E-state index is -2.93. The van der Waals surface area contributed by atoms with Crippen LogP contribution in [0.5, 0.6) is 0 Å². The maximum absolute atomic E-state index is 13.9. The molecule has 0 N–H and O–H groups in total. The highest BCUT2D eigenvalue weighted by Gasteiger charge is 2.43. The summed E-state index contributed by atoms with van der Waals surface area (Å²) in [6, 6.07) is 13.6. The van der Waals surface area contributed by atoms with Crippen LogP contribution < -0.4 is 0 Å². The number of carbonyl (C=O) groups is 3. The Morgan fingerprint density at radius 2 is 1.71 bits per heavy atom. The number of piperidine rings is 1. The molecule has 0 saturated carbocycles. The quantitative estimate of drug-likeness (QED) is 0.688. The van der Waals surface area contributed by atoms with Gasteiger partial charge in [-0.3, -0.25) is 14.5 Å². The average Bonchev–Trinajstić information content (AvgIpc) is 2.99. The van der Waals surface area contributed by atoms with Gasteiger partial charge in [-0.25, -0.2) is 13.6 Å². The SMILES string of the molecule is CC1CCN(C(=O)OCc2cccc(CN3C(=O)c4ccccc4C3=O)c2)CC1(F)F. The van der Waals surface area contributed by atoms with E-state index >= 15 is 0 Å². The van der Waals surface area contributed by atoms with Crippen molar-refractivity contribution >= 4 is 17.9 Å². The molecule has 0 aliphatic carbocycles. The Morgan fingerprint density at radius 3 is 2.35 bits per heavy atom. The van der Waals surface area contributed by atoms with Gasteiger partial charge in [0.1, 0.15) is 6.61 Å². The molecule has 1 saturated heterocycles. The fourth-order valence-electron chi connectivity index (χ4n) is 3.83. The molecule has 3 amide bonds. The third kappa shape index (κ3) is 4.15. The standard InChI is InChI=1S/C23H22F2N2O4/c1-15-9-10-26(14-23(15,24)25)22(30)31-13-17-6-4-5-16(11-17)12-27-20(28)18-7-2-3-8-19(18)21(27)29/h2-8,11,15H,9-10,12-14H2,1H3. The summed E-state index contributed by atoms with van der Waals surface area (Å²) in [5, 5.41) is 0. The van der Waals surface area contributed by atoms with Crippen molar-refractivity contribution in [1.82, 2.24) is 9.80 Å². The fraction of sp³-hybridized carbons (Fsp3) is 0.348. The Labute approximate surface area is 178 Å². The first-order valence-electron chi connectivity index (χ1n) is 10.1. The predicted molar refractivity (Wildman–Crippen MR) is 108 cm³/mol. The number of benzene rings is 2. The molecular formula is C23H22F2N2O4. The van der Waals surface area contributed by atoms with Gasteiger partial charge in [0.25, 0.3) is 17.7 Å². The van der Waals surface area contributed by atoms with Crippen LogP contribution >= 0.6 is 0 Å². The zero-order valence-corrected chi connectivity index (χ0v) is 17.0. The molecule has 2 aromatic rings. The molecule has 4 rings (SSSR count). The highest BCUT2D eigenvalue weighted by molar-refractivity contribution is 6.21. The van der Waals surface area contributed by atoms with Crippen LogP contribution in [-0.4, -0.2) is 46.7 Å². The highest BCUT2D eigenvalue weighted by Crippen LogP contribution is 2.32. The molecule has 2 aliphatic rings. The summed E-state index contributed by atoms with van der Waals surface area (Å²) in [7, 11) is 0. The second-order valence-electron chi connectivity index (χ2n) is 7.99. The third-order valence-electron chi connectivity index (χ3n) is 5.79. The van der Waals surface area contributed by atoms with E-state index in [4.69, 9.17) is 4.74 Å². The minimum absolute atomic E-state index is 0.0877. The molecule has 1 atom stereocenters. The van der Waals surface area contributed by atoms with Crippen molar-refractivity contribution in [2.75, 3.05) is 13.1 Å². The molecule has 2 heterocycles. The van der Waals surface area contributed by atoms with Gasteiger partial charge in [-0.1, -0.05) is 43.3 Å². The van der Waals surface area contributed by atoms with Crippen LogP contribution in [0.2, 0.25) is 0 Å². The molecule has 2 aromatic carbocycles. The van der Waals surface area contributed by atoms with Crippen molar-refractivity contribution in [1.29, 1.82) is 0 Å². The minimum Gasteiger partial charge on any atom is -0.445 e. The normalized spacial score (nSPS) is 20.0. The van der Waals surface area contributed by atoms with Crippen LogP contribution in [0.25, 0.3) is 0 Å². The molecule has 0 bridgehead atoms. The Morgan fingerprint density at radius 1 is 1.06 bits per heavy atom. The number of ether oxygens (including phenoxy) is 1. The van der Waals surface area contributed by atoms with E-state index in [0.29, 0.717) is 22.3 Å². The lowest BCUT2D eigenvalue weighted by Gasteiger charge is -2.36. The summed E-state index contributed by atoms with van der Waals surface area (Å²) in [5.74, 6) is -4.39. The summed E-state index contributed by atoms with van der Waals surface area (Å²) >= 11 is 0. The first-order valence-corrected chi connectivity index (χ1v) is 10.1. The zero-order chi connectivity index (χ0) is 22.2. The number of hydrogen-bond acceptors (Lipinski definition) is 4. The molecule has 6 nitrogen and oxygen atoms in total. The number of fused-ring (bicyclic) bond motifs is 1. The molecule has 31 heavy (non-hydrogen) atoms. The van der Waals surface area contributed by atoms with Crippen molar-refractivity contribution in [2.45, 2.75) is 32.4 Å². The number of nitrogens with zero attached hydrogens (tertiary/aromatic N) is 2. The smallest absolute Gasteiger partial charge is 0.410 e. The van der Waals surface area contributed by atoms with Gasteiger partial charge in [0.05, 0.1) is 24.2 Å². The van der Waals surface area contributed by atoms with E-state index in [2.05, 4.69) is 0 Å². The van der Waals surface area contributed by atoms with E-state index in [1.807, 2.05) is 0 Å². The number of halogens is 2. The Bertz CT molecular complexity index is 1000. The van der Waals surface area contributed by atoms with E-state index in [9.17, 15) is 23.2 Å². The Kier molecular flexibility index (Phi) is 5.47. The summed E-state index contributed by atoms with van der Waals surface area (Å²) in [6.07, 6.45) is -0.560. The number of likely N-dealkylation sites (tertiary alicyclic amines) is 1. The van der Waals surface area contributed by atoms with Crippen molar-refractivity contribution in [3.63, 3.8) is 0 Å². The average molecular weight is 428 g/mol. The molecule has 162 valence electrons. The van der Waals surface area contributed by atoms with Crippen LogP contribution in [0.4, 0.5) is 13.6 Å². The fourth-order valence-corrected chi connectivity index (χ4v) is 3.83. The second kappa shape index (κ2) is 8.09. The number of imide groups is 1. The maximum Gasteiger partial charge on any atom is 0.410 e. The van der Waals surface area contributed by atoms with Crippen LogP contribution in [0.1, 0.15) is 45.2 Å². The van der Waals surface area contributed by atoms with Crippen LogP contribution in [-0.2, 0) is 17.9 Å². The van der Waals surface area contributed by atoms with Crippen LogP contribution in [0.15, 0.2) is 48.5 Å². The lowest BCUT2D eigenvalue weighted by Crippen LogP contribution is -2.50. The molecule has 0 aromatic heterocycles. The van der Waals surface area contributed by atoms with Gasteiger partial charge in [-0.05, 0) is 29.7 Å². The number of amides is 3. The molecular weight excluding hydrogens is 406 g/mol. The van der Waals surface area contributed by atoms with E-state index in [-0.39, 0.29) is 37.9 Å². The van der Waals surface area contributed by atoms with Gasteiger partial charge in [0.15, 0.2) is 0 Å². The summed E-state index contributed by atoms with van der Waals surface area (Å²) < 4.78 is 33.0. The van der Waals surface area contributed by atoms with E-state index in [1.165, 1.54) is 11.8 Å². The Balaban J connectivity index is 1.38.